The summed E-state index contributed by atoms with van der Waals surface area (Å²) in [5.74, 6) is 1.41. The van der Waals surface area contributed by atoms with Gasteiger partial charge in [0.05, 0.1) is 11.9 Å². The van der Waals surface area contributed by atoms with Gasteiger partial charge in [-0.15, -0.1) is 5.10 Å². The number of nitrogens with one attached hydrogen (secondary N) is 1. The standard InChI is InChI=1S/C28H31N5O2/c34-28(30-25-16-9-10-17-27(25)35-24-14-6-5-7-15-24)18-8-3-1-2-4-11-20-33-22-26(31-32-33)23-13-12-19-29-21-23/h5-7,9-10,12-17,19,21-22H,1-4,8,11,18,20H2,(H,30,34). The molecule has 35 heavy (non-hydrogen) atoms. The number of hydrogen-bond donors (Lipinski definition) is 1. The number of unbranched alkanes of at least 4 members (excludes halogenated alkanes) is 5. The van der Waals surface area contributed by atoms with E-state index >= 15 is 0 Å². The third kappa shape index (κ3) is 7.78. The number of carbonyl (C=O) groups is 1. The Morgan fingerprint density at radius 2 is 1.63 bits per heavy atom. The van der Waals surface area contributed by atoms with E-state index in [0.29, 0.717) is 17.9 Å². The first kappa shape index (κ1) is 24.1. The molecule has 0 aliphatic carbocycles. The maximum atomic E-state index is 12.4. The molecule has 0 bridgehead atoms. The van der Waals surface area contributed by atoms with E-state index in [-0.39, 0.29) is 5.91 Å². The lowest BCUT2D eigenvalue weighted by atomic mass is 10.1. The van der Waals surface area contributed by atoms with E-state index in [9.17, 15) is 4.79 Å². The zero-order chi connectivity index (χ0) is 24.1. The van der Waals surface area contributed by atoms with Gasteiger partial charge in [0.1, 0.15) is 11.4 Å². The lowest BCUT2D eigenvalue weighted by Crippen LogP contribution is -2.11. The van der Waals surface area contributed by atoms with Crippen LogP contribution in [-0.2, 0) is 11.3 Å². The fraction of sp³-hybridized carbons (Fsp3) is 0.286. The van der Waals surface area contributed by atoms with Gasteiger partial charge in [-0.05, 0) is 49.2 Å². The minimum atomic E-state index is 0.0183. The Kier molecular flexibility index (Phi) is 8.99. The fourth-order valence-electron chi connectivity index (χ4n) is 3.81. The molecule has 180 valence electrons. The number of hydrogen-bond acceptors (Lipinski definition) is 5. The Labute approximate surface area is 206 Å². The number of nitrogens with zero attached hydrogens (tertiary/aromatic N) is 4. The third-order valence-corrected chi connectivity index (χ3v) is 5.67. The molecule has 0 saturated heterocycles. The highest BCUT2D eigenvalue weighted by atomic mass is 16.5. The molecule has 0 spiro atoms. The highest BCUT2D eigenvalue weighted by Crippen LogP contribution is 2.29. The summed E-state index contributed by atoms with van der Waals surface area (Å²) in [6.45, 7) is 0.861. The summed E-state index contributed by atoms with van der Waals surface area (Å²) >= 11 is 0. The van der Waals surface area contributed by atoms with Crippen molar-refractivity contribution in [2.75, 3.05) is 5.32 Å². The summed E-state index contributed by atoms with van der Waals surface area (Å²) in [5.41, 5.74) is 2.53. The molecule has 0 aliphatic rings. The Morgan fingerprint density at radius 3 is 2.46 bits per heavy atom. The summed E-state index contributed by atoms with van der Waals surface area (Å²) in [5, 5.41) is 11.4. The van der Waals surface area contributed by atoms with Crippen LogP contribution in [0.1, 0.15) is 44.9 Å². The lowest BCUT2D eigenvalue weighted by Gasteiger charge is -2.12. The average Bonchev–Trinajstić information content (AvgIpc) is 3.37. The van der Waals surface area contributed by atoms with Gasteiger partial charge in [-0.25, -0.2) is 0 Å². The number of pyridine rings is 1. The van der Waals surface area contributed by atoms with Crippen LogP contribution in [0.2, 0.25) is 0 Å². The maximum absolute atomic E-state index is 12.4. The molecule has 1 N–H and O–H groups in total. The molecule has 2 aromatic heterocycles. The summed E-state index contributed by atoms with van der Waals surface area (Å²) in [6, 6.07) is 21.0. The van der Waals surface area contributed by atoms with Gasteiger partial charge in [-0.3, -0.25) is 14.5 Å². The van der Waals surface area contributed by atoms with Crippen molar-refractivity contribution in [3.05, 3.63) is 85.3 Å². The average molecular weight is 470 g/mol. The lowest BCUT2D eigenvalue weighted by molar-refractivity contribution is -0.116. The fourth-order valence-corrected chi connectivity index (χ4v) is 3.81. The van der Waals surface area contributed by atoms with Crippen LogP contribution in [0.3, 0.4) is 0 Å². The number of anilines is 1. The van der Waals surface area contributed by atoms with Crippen LogP contribution in [0, 0.1) is 0 Å². The molecule has 7 heteroatoms. The largest absolute Gasteiger partial charge is 0.455 e. The predicted octanol–water partition coefficient (Wildman–Crippen LogP) is 6.50. The van der Waals surface area contributed by atoms with Crippen molar-refractivity contribution in [1.82, 2.24) is 20.0 Å². The van der Waals surface area contributed by atoms with Gasteiger partial charge >= 0.3 is 0 Å². The highest BCUT2D eigenvalue weighted by Gasteiger charge is 2.08. The van der Waals surface area contributed by atoms with Gasteiger partial charge in [0, 0.05) is 30.9 Å². The molecule has 4 aromatic rings. The van der Waals surface area contributed by atoms with E-state index < -0.39 is 0 Å². The Morgan fingerprint density at radius 1 is 0.857 bits per heavy atom. The molecule has 7 nitrogen and oxygen atoms in total. The van der Waals surface area contributed by atoms with Crippen LogP contribution in [0.5, 0.6) is 11.5 Å². The molecule has 0 atom stereocenters. The van der Waals surface area contributed by atoms with Crippen LogP contribution >= 0.6 is 0 Å². The molecule has 2 aromatic carbocycles. The molecular weight excluding hydrogens is 438 g/mol. The summed E-state index contributed by atoms with van der Waals surface area (Å²) in [7, 11) is 0. The minimum absolute atomic E-state index is 0.0183. The van der Waals surface area contributed by atoms with Crippen molar-refractivity contribution in [1.29, 1.82) is 0 Å². The number of ether oxygens (including phenoxy) is 1. The first-order chi connectivity index (χ1) is 17.3. The molecule has 0 fully saturated rings. The summed E-state index contributed by atoms with van der Waals surface area (Å²) < 4.78 is 7.81. The molecule has 0 radical (unpaired) electrons. The Balaban J connectivity index is 1.09. The molecule has 0 unspecified atom stereocenters. The van der Waals surface area contributed by atoms with Gasteiger partial charge in [-0.1, -0.05) is 61.2 Å². The van der Waals surface area contributed by atoms with E-state index in [2.05, 4.69) is 20.6 Å². The van der Waals surface area contributed by atoms with Crippen molar-refractivity contribution in [3.63, 3.8) is 0 Å². The van der Waals surface area contributed by atoms with Crippen molar-refractivity contribution in [3.8, 4) is 22.8 Å². The smallest absolute Gasteiger partial charge is 0.224 e. The topological polar surface area (TPSA) is 81.9 Å². The van der Waals surface area contributed by atoms with E-state index in [4.69, 9.17) is 4.74 Å². The zero-order valence-electron chi connectivity index (χ0n) is 19.8. The van der Waals surface area contributed by atoms with E-state index in [1.807, 2.05) is 77.6 Å². The molecule has 0 saturated carbocycles. The normalized spacial score (nSPS) is 10.7. The minimum Gasteiger partial charge on any atom is -0.455 e. The maximum Gasteiger partial charge on any atom is 0.224 e. The van der Waals surface area contributed by atoms with Crippen molar-refractivity contribution in [2.24, 2.45) is 0 Å². The Hall–Kier alpha value is -4.00. The molecule has 1 amide bonds. The van der Waals surface area contributed by atoms with Gasteiger partial charge in [0.25, 0.3) is 0 Å². The number of benzene rings is 2. The quantitative estimate of drug-likeness (QED) is 0.226. The van der Waals surface area contributed by atoms with Crippen LogP contribution in [0.25, 0.3) is 11.3 Å². The first-order valence-corrected chi connectivity index (χ1v) is 12.2. The van der Waals surface area contributed by atoms with Gasteiger partial charge in [0.2, 0.25) is 5.91 Å². The van der Waals surface area contributed by atoms with Crippen molar-refractivity contribution in [2.45, 2.75) is 51.5 Å². The molecule has 0 aliphatic heterocycles. The van der Waals surface area contributed by atoms with Crippen molar-refractivity contribution >= 4 is 11.6 Å². The second kappa shape index (κ2) is 13.0. The van der Waals surface area contributed by atoms with Gasteiger partial charge < -0.3 is 10.1 Å². The zero-order valence-corrected chi connectivity index (χ0v) is 19.8. The van der Waals surface area contributed by atoms with Crippen LogP contribution in [0.4, 0.5) is 5.69 Å². The van der Waals surface area contributed by atoms with Crippen LogP contribution in [-0.4, -0.2) is 25.9 Å². The SMILES string of the molecule is O=C(CCCCCCCCn1cc(-c2cccnc2)nn1)Nc1ccccc1Oc1ccccc1. The van der Waals surface area contributed by atoms with Gasteiger partial charge in [-0.2, -0.15) is 0 Å². The second-order valence-electron chi connectivity index (χ2n) is 8.44. The van der Waals surface area contributed by atoms with Crippen molar-refractivity contribution < 1.29 is 9.53 Å². The number of aryl methyl sites for hydroxylation is 1. The monoisotopic (exact) mass is 469 g/mol. The van der Waals surface area contributed by atoms with Gasteiger partial charge in [0.15, 0.2) is 5.75 Å². The number of para-hydroxylation sites is 3. The third-order valence-electron chi connectivity index (χ3n) is 5.67. The molecular formula is C28H31N5O2. The van der Waals surface area contributed by atoms with Crippen LogP contribution in [0.15, 0.2) is 85.3 Å². The van der Waals surface area contributed by atoms with Crippen LogP contribution < -0.4 is 10.1 Å². The van der Waals surface area contributed by atoms with E-state index in [1.165, 1.54) is 0 Å². The number of rotatable bonds is 13. The molecule has 2 heterocycles. The number of amides is 1. The second-order valence-corrected chi connectivity index (χ2v) is 8.44. The summed E-state index contributed by atoms with van der Waals surface area (Å²) in [6.07, 6.45) is 12.4. The Bertz CT molecular complexity index is 1180. The number of carbonyl (C=O) groups excluding carboxylic acids is 1. The first-order valence-electron chi connectivity index (χ1n) is 12.2. The highest BCUT2D eigenvalue weighted by molar-refractivity contribution is 5.92. The number of aromatic nitrogens is 4. The summed E-state index contributed by atoms with van der Waals surface area (Å²) in [4.78, 5) is 16.6. The van der Waals surface area contributed by atoms with E-state index in [1.54, 1.807) is 12.4 Å². The predicted molar refractivity (Wildman–Crippen MR) is 137 cm³/mol. The molecule has 4 rings (SSSR count). The van der Waals surface area contributed by atoms with E-state index in [0.717, 1.165) is 62.1 Å².